The third kappa shape index (κ3) is 2.87. The summed E-state index contributed by atoms with van der Waals surface area (Å²) >= 11 is 0. The van der Waals surface area contributed by atoms with Gasteiger partial charge in [0.15, 0.2) is 0 Å². The molecule has 0 spiro atoms. The van der Waals surface area contributed by atoms with Crippen LogP contribution in [0.2, 0.25) is 0 Å². The molecule has 0 bridgehead atoms. The molecule has 0 heterocycles. The van der Waals surface area contributed by atoms with Gasteiger partial charge in [-0.2, -0.15) is 0 Å². The number of carboxylic acid groups (broad SMARTS) is 1. The zero-order valence-electron chi connectivity index (χ0n) is 18.4. The second-order valence-electron chi connectivity index (χ2n) is 12.2. The molecule has 4 heteroatoms. The van der Waals surface area contributed by atoms with E-state index >= 15 is 0 Å². The van der Waals surface area contributed by atoms with E-state index in [-0.39, 0.29) is 29.0 Å². The van der Waals surface area contributed by atoms with Crippen molar-refractivity contribution in [2.45, 2.75) is 90.8 Å². The van der Waals surface area contributed by atoms with Crippen LogP contribution < -0.4 is 0 Å². The number of carboxylic acids is 1. The number of hydrogen-bond donors (Lipinski definition) is 3. The summed E-state index contributed by atoms with van der Waals surface area (Å²) in [5.41, 5.74) is 0.531. The van der Waals surface area contributed by atoms with Crippen LogP contribution in [0.5, 0.6) is 0 Å². The van der Waals surface area contributed by atoms with Gasteiger partial charge < -0.3 is 15.3 Å². The van der Waals surface area contributed by atoms with E-state index < -0.39 is 5.97 Å². The minimum Gasteiger partial charge on any atom is -0.481 e. The molecule has 3 N–H and O–H groups in total. The minimum absolute atomic E-state index is 0.113. The van der Waals surface area contributed by atoms with Crippen molar-refractivity contribution >= 4 is 5.97 Å². The van der Waals surface area contributed by atoms with Gasteiger partial charge in [-0.15, -0.1) is 0 Å². The van der Waals surface area contributed by atoms with Gasteiger partial charge >= 0.3 is 5.97 Å². The van der Waals surface area contributed by atoms with Crippen molar-refractivity contribution in [2.75, 3.05) is 0 Å². The average Bonchev–Trinajstić information content (AvgIpc) is 3.39. The van der Waals surface area contributed by atoms with E-state index in [0.717, 1.165) is 32.1 Å². The van der Waals surface area contributed by atoms with Crippen LogP contribution >= 0.6 is 0 Å². The lowest BCUT2D eigenvalue weighted by molar-refractivity contribution is -0.174. The molecule has 164 valence electrons. The summed E-state index contributed by atoms with van der Waals surface area (Å²) < 4.78 is 0. The Morgan fingerprint density at radius 2 is 1.62 bits per heavy atom. The van der Waals surface area contributed by atoms with Gasteiger partial charge in [0.05, 0.1) is 18.1 Å². The van der Waals surface area contributed by atoms with Crippen LogP contribution in [0.25, 0.3) is 0 Å². The lowest BCUT2D eigenvalue weighted by Gasteiger charge is -2.62. The van der Waals surface area contributed by atoms with Gasteiger partial charge in [-0.05, 0) is 110 Å². The topological polar surface area (TPSA) is 77.8 Å². The van der Waals surface area contributed by atoms with E-state index in [1.807, 2.05) is 0 Å². The highest BCUT2D eigenvalue weighted by molar-refractivity contribution is 5.73. The maximum Gasteiger partial charge on any atom is 0.306 e. The van der Waals surface area contributed by atoms with Crippen molar-refractivity contribution in [1.29, 1.82) is 0 Å². The SMILES string of the molecule is C[C@@H](C1CCC2C3C(CC[C@@]21C)[C@@]1(C)CC[C@@H](O)CC1C[C@H]3O)[C@H]1C[C@H]1C(=O)O. The van der Waals surface area contributed by atoms with Gasteiger partial charge in [-0.25, -0.2) is 0 Å². The standard InChI is InChI=1S/C25H40O4/c1-13(16-12-17(16)23(28)29)18-4-5-19-22-20(7-9-25(18,19)3)24(2)8-6-15(26)10-14(24)11-21(22)27/h13-22,26-27H,4-12H2,1-3H3,(H,28,29)/t13-,14?,15-,16-,17-,18?,19?,20?,21-,22?,24+,25-/m1/s1. The summed E-state index contributed by atoms with van der Waals surface area (Å²) in [6.45, 7) is 7.26. The third-order valence-corrected chi connectivity index (χ3v) is 11.2. The predicted molar refractivity (Wildman–Crippen MR) is 111 cm³/mol. The lowest BCUT2D eigenvalue weighted by atomic mass is 9.43. The molecule has 5 aliphatic carbocycles. The van der Waals surface area contributed by atoms with Gasteiger partial charge in [-0.3, -0.25) is 4.79 Å². The van der Waals surface area contributed by atoms with Gasteiger partial charge in [0.2, 0.25) is 0 Å². The van der Waals surface area contributed by atoms with Crippen LogP contribution in [0.1, 0.15) is 78.6 Å². The number of fused-ring (bicyclic) bond motifs is 5. The molecule has 29 heavy (non-hydrogen) atoms. The largest absolute Gasteiger partial charge is 0.481 e. The first-order valence-corrected chi connectivity index (χ1v) is 12.3. The van der Waals surface area contributed by atoms with Crippen LogP contribution in [-0.4, -0.2) is 33.5 Å². The molecular weight excluding hydrogens is 364 g/mol. The number of aliphatic carboxylic acids is 1. The molecule has 0 aromatic heterocycles. The second-order valence-corrected chi connectivity index (χ2v) is 12.2. The molecule has 0 amide bonds. The lowest BCUT2D eigenvalue weighted by Crippen LogP contribution is -2.58. The molecule has 12 atom stereocenters. The molecule has 5 unspecified atom stereocenters. The summed E-state index contributed by atoms with van der Waals surface area (Å²) in [6, 6.07) is 0. The fourth-order valence-corrected chi connectivity index (χ4v) is 9.48. The Kier molecular flexibility index (Phi) is 4.68. The first-order chi connectivity index (χ1) is 13.7. The minimum atomic E-state index is -0.605. The molecule has 4 nitrogen and oxygen atoms in total. The summed E-state index contributed by atoms with van der Waals surface area (Å²) in [4.78, 5) is 11.4. The highest BCUT2D eigenvalue weighted by Gasteiger charge is 2.64. The summed E-state index contributed by atoms with van der Waals surface area (Å²) in [5.74, 6) is 2.76. The normalized spacial score (nSPS) is 57.3. The van der Waals surface area contributed by atoms with Crippen LogP contribution in [0.4, 0.5) is 0 Å². The molecule has 5 aliphatic rings. The van der Waals surface area contributed by atoms with Crippen molar-refractivity contribution in [3.05, 3.63) is 0 Å². The summed E-state index contributed by atoms with van der Waals surface area (Å²) in [5, 5.41) is 30.9. The van der Waals surface area contributed by atoms with E-state index in [1.54, 1.807) is 0 Å². The first-order valence-electron chi connectivity index (χ1n) is 12.3. The summed E-state index contributed by atoms with van der Waals surface area (Å²) in [6.07, 6.45) is 9.08. The van der Waals surface area contributed by atoms with Crippen LogP contribution in [0, 0.1) is 58.2 Å². The van der Waals surface area contributed by atoms with Gasteiger partial charge in [0, 0.05) is 0 Å². The van der Waals surface area contributed by atoms with E-state index in [9.17, 15) is 20.1 Å². The van der Waals surface area contributed by atoms with Gasteiger partial charge in [0.25, 0.3) is 0 Å². The van der Waals surface area contributed by atoms with Crippen LogP contribution in [0.15, 0.2) is 0 Å². The molecule has 5 fully saturated rings. The highest BCUT2D eigenvalue weighted by Crippen LogP contribution is 2.69. The average molecular weight is 405 g/mol. The number of rotatable bonds is 3. The van der Waals surface area contributed by atoms with Gasteiger partial charge in [0.1, 0.15) is 0 Å². The van der Waals surface area contributed by atoms with Crippen molar-refractivity contribution < 1.29 is 20.1 Å². The van der Waals surface area contributed by atoms with E-state index in [2.05, 4.69) is 20.8 Å². The molecule has 0 radical (unpaired) electrons. The zero-order chi connectivity index (χ0) is 20.7. The van der Waals surface area contributed by atoms with E-state index in [0.29, 0.717) is 41.4 Å². The van der Waals surface area contributed by atoms with Crippen LogP contribution in [-0.2, 0) is 4.79 Å². The van der Waals surface area contributed by atoms with Crippen molar-refractivity contribution in [1.82, 2.24) is 0 Å². The van der Waals surface area contributed by atoms with E-state index in [1.165, 1.54) is 25.7 Å². The van der Waals surface area contributed by atoms with Crippen LogP contribution in [0.3, 0.4) is 0 Å². The van der Waals surface area contributed by atoms with Gasteiger partial charge in [-0.1, -0.05) is 20.8 Å². The smallest absolute Gasteiger partial charge is 0.306 e. The van der Waals surface area contributed by atoms with Crippen molar-refractivity contribution in [3.63, 3.8) is 0 Å². The Morgan fingerprint density at radius 3 is 2.31 bits per heavy atom. The number of aliphatic hydroxyl groups excluding tert-OH is 2. The Balaban J connectivity index is 1.39. The van der Waals surface area contributed by atoms with Crippen molar-refractivity contribution in [3.8, 4) is 0 Å². The monoisotopic (exact) mass is 404 g/mol. The third-order valence-electron chi connectivity index (χ3n) is 11.2. The Bertz CT molecular complexity index is 678. The maximum absolute atomic E-state index is 11.4. The molecular formula is C25H40O4. The fourth-order valence-electron chi connectivity index (χ4n) is 9.48. The Labute approximate surface area is 175 Å². The molecule has 5 saturated carbocycles. The number of aliphatic hydroxyl groups is 2. The highest BCUT2D eigenvalue weighted by atomic mass is 16.4. The molecule has 5 rings (SSSR count). The molecule has 0 aromatic carbocycles. The Hall–Kier alpha value is -0.610. The zero-order valence-corrected chi connectivity index (χ0v) is 18.4. The summed E-state index contributed by atoms with van der Waals surface area (Å²) in [7, 11) is 0. The fraction of sp³-hybridized carbons (Fsp3) is 0.960. The van der Waals surface area contributed by atoms with E-state index in [4.69, 9.17) is 0 Å². The molecule has 0 aliphatic heterocycles. The van der Waals surface area contributed by atoms with Crippen molar-refractivity contribution in [2.24, 2.45) is 58.2 Å². The molecule has 0 aromatic rings. The quantitative estimate of drug-likeness (QED) is 0.654. The molecule has 0 saturated heterocycles. The first kappa shape index (κ1) is 20.3. The Morgan fingerprint density at radius 1 is 0.931 bits per heavy atom. The second kappa shape index (κ2) is 6.69. The number of hydrogen-bond acceptors (Lipinski definition) is 3. The maximum atomic E-state index is 11.4. The number of carbonyl (C=O) groups is 1. The predicted octanol–water partition coefficient (Wildman–Crippen LogP) is 4.33.